The van der Waals surface area contributed by atoms with Crippen LogP contribution in [-0.2, 0) is 0 Å². The van der Waals surface area contributed by atoms with Crippen molar-refractivity contribution < 1.29 is 9.31 Å². The first-order valence-corrected chi connectivity index (χ1v) is 5.11. The third-order valence-electron chi connectivity index (χ3n) is 1.96. The molecule has 0 fully saturated rings. The number of thiazole rings is 1. The van der Waals surface area contributed by atoms with Gasteiger partial charge in [0.15, 0.2) is 5.13 Å². The van der Waals surface area contributed by atoms with Gasteiger partial charge in [-0.15, -0.1) is 11.3 Å². The topological polar surface area (TPSA) is 82.0 Å². The fraction of sp³-hybridized carbons (Fsp3) is 0. The van der Waals surface area contributed by atoms with Gasteiger partial charge in [0.1, 0.15) is 5.82 Å². The number of nitrogens with zero attached hydrogens (tertiary/aromatic N) is 2. The van der Waals surface area contributed by atoms with E-state index in [1.165, 1.54) is 23.5 Å². The van der Waals surface area contributed by atoms with Gasteiger partial charge in [0.05, 0.1) is 16.7 Å². The summed E-state index contributed by atoms with van der Waals surface area (Å²) in [6.07, 6.45) is 0. The number of benzene rings is 1. The second-order valence-electron chi connectivity index (χ2n) is 2.99. The van der Waals surface area contributed by atoms with Crippen LogP contribution in [0.4, 0.5) is 15.2 Å². The van der Waals surface area contributed by atoms with Gasteiger partial charge in [-0.3, -0.25) is 10.1 Å². The predicted octanol–water partition coefficient (Wildman–Crippen LogP) is 2.44. The van der Waals surface area contributed by atoms with Crippen LogP contribution in [0, 0.1) is 15.9 Å². The number of nitro groups is 1. The molecule has 16 heavy (non-hydrogen) atoms. The van der Waals surface area contributed by atoms with E-state index in [1.807, 2.05) is 0 Å². The summed E-state index contributed by atoms with van der Waals surface area (Å²) in [7, 11) is 0. The number of nitrogens with two attached hydrogens (primary N) is 1. The number of hydrogen-bond donors (Lipinski definition) is 1. The van der Waals surface area contributed by atoms with Gasteiger partial charge in [0, 0.05) is 17.0 Å². The van der Waals surface area contributed by atoms with E-state index in [1.54, 1.807) is 5.38 Å². The minimum absolute atomic E-state index is 0.207. The van der Waals surface area contributed by atoms with Crippen molar-refractivity contribution in [3.8, 4) is 11.3 Å². The highest BCUT2D eigenvalue weighted by atomic mass is 32.1. The summed E-state index contributed by atoms with van der Waals surface area (Å²) >= 11 is 1.18. The second-order valence-corrected chi connectivity index (χ2v) is 3.88. The number of hydrogen-bond acceptors (Lipinski definition) is 5. The molecule has 0 aliphatic rings. The first kappa shape index (κ1) is 10.5. The lowest BCUT2D eigenvalue weighted by atomic mass is 10.1. The molecule has 0 saturated carbocycles. The monoisotopic (exact) mass is 239 g/mol. The van der Waals surface area contributed by atoms with Crippen molar-refractivity contribution in [2.45, 2.75) is 0 Å². The molecule has 0 aliphatic heterocycles. The average Bonchev–Trinajstić information content (AvgIpc) is 2.64. The molecule has 0 saturated heterocycles. The molecule has 82 valence electrons. The number of halogens is 1. The molecule has 0 radical (unpaired) electrons. The van der Waals surface area contributed by atoms with Crippen LogP contribution in [0.25, 0.3) is 11.3 Å². The predicted molar refractivity (Wildman–Crippen MR) is 58.6 cm³/mol. The Morgan fingerprint density at radius 2 is 2.25 bits per heavy atom. The summed E-state index contributed by atoms with van der Waals surface area (Å²) in [6.45, 7) is 0. The molecule has 0 spiro atoms. The maximum absolute atomic E-state index is 13.5. The van der Waals surface area contributed by atoms with E-state index in [0.29, 0.717) is 10.8 Å². The Morgan fingerprint density at radius 1 is 1.50 bits per heavy atom. The van der Waals surface area contributed by atoms with Gasteiger partial charge in [-0.2, -0.15) is 0 Å². The van der Waals surface area contributed by atoms with Gasteiger partial charge < -0.3 is 5.73 Å². The second kappa shape index (κ2) is 3.86. The molecule has 5 nitrogen and oxygen atoms in total. The number of aromatic nitrogens is 1. The van der Waals surface area contributed by atoms with Crippen molar-refractivity contribution in [2.75, 3.05) is 5.73 Å². The Morgan fingerprint density at radius 3 is 2.75 bits per heavy atom. The Labute approximate surface area is 93.5 Å². The lowest BCUT2D eigenvalue weighted by Gasteiger charge is -1.98. The summed E-state index contributed by atoms with van der Waals surface area (Å²) in [5, 5.41) is 12.3. The number of non-ortho nitro benzene ring substituents is 1. The van der Waals surface area contributed by atoms with Crippen molar-refractivity contribution >= 4 is 22.2 Å². The van der Waals surface area contributed by atoms with Crippen LogP contribution in [-0.4, -0.2) is 9.91 Å². The summed E-state index contributed by atoms with van der Waals surface area (Å²) in [6, 6.07) is 3.42. The van der Waals surface area contributed by atoms with E-state index >= 15 is 0 Å². The minimum Gasteiger partial charge on any atom is -0.375 e. The van der Waals surface area contributed by atoms with E-state index in [-0.39, 0.29) is 11.3 Å². The molecular formula is C9H6FN3O2S. The summed E-state index contributed by atoms with van der Waals surface area (Å²) in [5.74, 6) is -0.681. The Balaban J connectivity index is 2.47. The highest BCUT2D eigenvalue weighted by Crippen LogP contribution is 2.27. The lowest BCUT2D eigenvalue weighted by Crippen LogP contribution is -1.91. The molecule has 7 heteroatoms. The average molecular weight is 239 g/mol. The van der Waals surface area contributed by atoms with Gasteiger partial charge in [-0.05, 0) is 6.07 Å². The molecule has 0 aliphatic carbocycles. The Bertz CT molecular complexity index is 555. The van der Waals surface area contributed by atoms with Crippen LogP contribution in [0.5, 0.6) is 0 Å². The first-order valence-electron chi connectivity index (χ1n) is 4.23. The highest BCUT2D eigenvalue weighted by molar-refractivity contribution is 7.13. The number of nitrogen functional groups attached to an aromatic ring is 1. The number of rotatable bonds is 2. The van der Waals surface area contributed by atoms with Gasteiger partial charge >= 0.3 is 0 Å². The standard InChI is InChI=1S/C9H6FN3O2S/c10-7-3-5(13(14)15)1-2-6(7)8-4-16-9(11)12-8/h1-4H,(H2,11,12). The molecule has 0 atom stereocenters. The largest absolute Gasteiger partial charge is 0.375 e. The molecule has 0 unspecified atom stereocenters. The van der Waals surface area contributed by atoms with E-state index in [4.69, 9.17) is 5.73 Å². The molecule has 2 N–H and O–H groups in total. The van der Waals surface area contributed by atoms with Crippen molar-refractivity contribution in [1.82, 2.24) is 4.98 Å². The molecule has 1 aromatic carbocycles. The van der Waals surface area contributed by atoms with E-state index < -0.39 is 10.7 Å². The van der Waals surface area contributed by atoms with Gasteiger partial charge in [0.2, 0.25) is 0 Å². The van der Waals surface area contributed by atoms with Crippen molar-refractivity contribution in [3.05, 3.63) is 39.5 Å². The summed E-state index contributed by atoms with van der Waals surface area (Å²) in [5.41, 5.74) is 5.72. The normalized spacial score (nSPS) is 10.3. The Hall–Kier alpha value is -2.02. The van der Waals surface area contributed by atoms with Gasteiger partial charge in [0.25, 0.3) is 5.69 Å². The van der Waals surface area contributed by atoms with Crippen LogP contribution in [0.3, 0.4) is 0 Å². The minimum atomic E-state index is -0.681. The van der Waals surface area contributed by atoms with Crippen molar-refractivity contribution in [1.29, 1.82) is 0 Å². The number of nitro benzene ring substituents is 1. The Kier molecular flexibility index (Phi) is 2.53. The van der Waals surface area contributed by atoms with E-state index in [0.717, 1.165) is 6.07 Å². The van der Waals surface area contributed by atoms with Gasteiger partial charge in [-0.25, -0.2) is 9.37 Å². The zero-order valence-corrected chi connectivity index (χ0v) is 8.70. The third kappa shape index (κ3) is 1.84. The zero-order chi connectivity index (χ0) is 11.7. The molecule has 1 heterocycles. The molecule has 1 aromatic heterocycles. The molecule has 2 rings (SSSR count). The third-order valence-corrected chi connectivity index (χ3v) is 2.64. The fourth-order valence-corrected chi connectivity index (χ4v) is 1.80. The fourth-order valence-electron chi connectivity index (χ4n) is 1.24. The van der Waals surface area contributed by atoms with Crippen LogP contribution in [0.15, 0.2) is 23.6 Å². The van der Waals surface area contributed by atoms with Crippen LogP contribution >= 0.6 is 11.3 Å². The first-order chi connectivity index (χ1) is 7.58. The van der Waals surface area contributed by atoms with Crippen LogP contribution in [0.1, 0.15) is 0 Å². The maximum Gasteiger partial charge on any atom is 0.272 e. The molecular weight excluding hydrogens is 233 g/mol. The molecule has 2 aromatic rings. The van der Waals surface area contributed by atoms with Gasteiger partial charge in [-0.1, -0.05) is 0 Å². The summed E-state index contributed by atoms with van der Waals surface area (Å²) < 4.78 is 13.5. The lowest BCUT2D eigenvalue weighted by molar-refractivity contribution is -0.385. The van der Waals surface area contributed by atoms with E-state index in [9.17, 15) is 14.5 Å². The molecule has 0 amide bonds. The van der Waals surface area contributed by atoms with Crippen LogP contribution < -0.4 is 5.73 Å². The number of anilines is 1. The summed E-state index contributed by atoms with van der Waals surface area (Å²) in [4.78, 5) is 13.7. The molecule has 0 bridgehead atoms. The highest BCUT2D eigenvalue weighted by Gasteiger charge is 2.13. The quantitative estimate of drug-likeness (QED) is 0.644. The van der Waals surface area contributed by atoms with Crippen LogP contribution in [0.2, 0.25) is 0 Å². The smallest absolute Gasteiger partial charge is 0.272 e. The SMILES string of the molecule is Nc1nc(-c2ccc([N+](=O)[O-])cc2F)cs1. The maximum atomic E-state index is 13.5. The van der Waals surface area contributed by atoms with Crippen molar-refractivity contribution in [2.24, 2.45) is 0 Å². The van der Waals surface area contributed by atoms with Crippen molar-refractivity contribution in [3.63, 3.8) is 0 Å². The zero-order valence-electron chi connectivity index (χ0n) is 7.88. The van der Waals surface area contributed by atoms with E-state index in [2.05, 4.69) is 4.98 Å².